The molecule has 0 spiro atoms. The van der Waals surface area contributed by atoms with Gasteiger partial charge in [0, 0.05) is 19.0 Å². The van der Waals surface area contributed by atoms with Crippen LogP contribution in [0.4, 0.5) is 4.79 Å². The molecule has 7 rings (SSSR count). The summed E-state index contributed by atoms with van der Waals surface area (Å²) in [5.41, 5.74) is 5.73. The lowest BCUT2D eigenvalue weighted by Gasteiger charge is -2.27. The number of nitrogens with zero attached hydrogens (tertiary/aromatic N) is 4. The molecular weight excluding hydrogens is 564 g/mol. The van der Waals surface area contributed by atoms with Gasteiger partial charge in [0.15, 0.2) is 0 Å². The first-order valence-electron chi connectivity index (χ1n) is 16.4. The molecule has 4 aromatic rings. The number of rotatable bonds is 5. The molecule has 2 N–H and O–H groups in total. The average molecular weight is 607 g/mol. The van der Waals surface area contributed by atoms with Crippen molar-refractivity contribution in [1.29, 1.82) is 0 Å². The number of imidazole rings is 2. The van der Waals surface area contributed by atoms with Crippen molar-refractivity contribution in [2.24, 2.45) is 0 Å². The number of amides is 2. The lowest BCUT2D eigenvalue weighted by molar-refractivity contribution is -0.133. The summed E-state index contributed by atoms with van der Waals surface area (Å²) in [7, 11) is 0. The fourth-order valence-corrected chi connectivity index (χ4v) is 7.18. The highest BCUT2D eigenvalue weighted by Crippen LogP contribution is 2.40. The van der Waals surface area contributed by atoms with Crippen molar-refractivity contribution >= 4 is 12.0 Å². The Morgan fingerprint density at radius 1 is 0.756 bits per heavy atom. The number of hydrogen-bond donors (Lipinski definition) is 2. The van der Waals surface area contributed by atoms with Crippen molar-refractivity contribution in [2.75, 3.05) is 6.54 Å². The Morgan fingerprint density at radius 3 is 1.93 bits per heavy atom. The number of carbonyl (C=O) groups excluding carboxylic acids is 2. The van der Waals surface area contributed by atoms with Crippen LogP contribution in [0.3, 0.4) is 0 Å². The summed E-state index contributed by atoms with van der Waals surface area (Å²) in [6, 6.07) is 17.3. The van der Waals surface area contributed by atoms with Crippen molar-refractivity contribution in [3.05, 3.63) is 72.6 Å². The molecule has 3 saturated heterocycles. The van der Waals surface area contributed by atoms with Gasteiger partial charge >= 0.3 is 6.09 Å². The van der Waals surface area contributed by atoms with Crippen LogP contribution in [0, 0.1) is 0 Å². The molecule has 9 heteroatoms. The molecule has 0 saturated carbocycles. The van der Waals surface area contributed by atoms with Gasteiger partial charge < -0.3 is 19.6 Å². The van der Waals surface area contributed by atoms with Crippen molar-refractivity contribution in [3.63, 3.8) is 0 Å². The van der Waals surface area contributed by atoms with Gasteiger partial charge in [-0.05, 0) is 81.5 Å². The molecule has 1 unspecified atom stereocenters. The van der Waals surface area contributed by atoms with Crippen LogP contribution in [0.2, 0.25) is 0 Å². The van der Waals surface area contributed by atoms with E-state index in [0.29, 0.717) is 19.0 Å². The molecular formula is C36H42N6O3. The van der Waals surface area contributed by atoms with E-state index in [0.717, 1.165) is 90.2 Å². The summed E-state index contributed by atoms with van der Waals surface area (Å²) in [4.78, 5) is 45.8. The predicted octanol–water partition coefficient (Wildman–Crippen LogP) is 7.81. The van der Waals surface area contributed by atoms with Gasteiger partial charge in [-0.2, -0.15) is 0 Å². The first-order chi connectivity index (χ1) is 21.7. The highest BCUT2D eigenvalue weighted by molar-refractivity contribution is 5.78. The average Bonchev–Trinajstić information content (AvgIpc) is 3.83. The summed E-state index contributed by atoms with van der Waals surface area (Å²) in [5.74, 6) is 1.97. The van der Waals surface area contributed by atoms with Crippen LogP contribution in [0.1, 0.15) is 95.9 Å². The fourth-order valence-electron chi connectivity index (χ4n) is 7.18. The van der Waals surface area contributed by atoms with Gasteiger partial charge in [-0.15, -0.1) is 0 Å². The third-order valence-electron chi connectivity index (χ3n) is 9.40. The SMILES string of the molecule is CC(C)(C)OC(=O)N1CCC[C@H]1c1ncc(-c2ccc(-c3ccc(-c4cnc([C@@H]5CCC6CCCCC(=O)N65)[nH]4)cc3)cc2)[nH]1. The molecule has 3 aliphatic heterocycles. The number of hydrogen-bond acceptors (Lipinski definition) is 5. The van der Waals surface area contributed by atoms with Gasteiger partial charge in [-0.3, -0.25) is 9.69 Å². The number of aromatic nitrogens is 4. The van der Waals surface area contributed by atoms with Gasteiger partial charge in [0.1, 0.15) is 17.2 Å². The topological polar surface area (TPSA) is 107 Å². The smallest absolute Gasteiger partial charge is 0.410 e. The Hall–Kier alpha value is -4.40. The molecule has 234 valence electrons. The zero-order valence-electron chi connectivity index (χ0n) is 26.4. The minimum atomic E-state index is -0.530. The molecule has 0 aliphatic carbocycles. The van der Waals surface area contributed by atoms with Gasteiger partial charge in [-0.1, -0.05) is 55.0 Å². The van der Waals surface area contributed by atoms with Crippen LogP contribution in [0.25, 0.3) is 33.6 Å². The maximum atomic E-state index is 12.8. The summed E-state index contributed by atoms with van der Waals surface area (Å²) in [6.45, 7) is 6.34. The Bertz CT molecular complexity index is 1670. The van der Waals surface area contributed by atoms with E-state index >= 15 is 0 Å². The second-order valence-electron chi connectivity index (χ2n) is 13.6. The van der Waals surface area contributed by atoms with E-state index < -0.39 is 5.60 Å². The number of fused-ring (bicyclic) bond motifs is 1. The fraction of sp³-hybridized carbons (Fsp3) is 0.444. The van der Waals surface area contributed by atoms with E-state index in [-0.39, 0.29) is 24.1 Å². The van der Waals surface area contributed by atoms with Gasteiger partial charge in [0.2, 0.25) is 5.91 Å². The third-order valence-corrected chi connectivity index (χ3v) is 9.40. The number of H-pyrrole nitrogens is 2. The maximum absolute atomic E-state index is 12.8. The lowest BCUT2D eigenvalue weighted by atomic mass is 10.0. The quantitative estimate of drug-likeness (QED) is 0.241. The van der Waals surface area contributed by atoms with Crippen LogP contribution in [-0.2, 0) is 9.53 Å². The van der Waals surface area contributed by atoms with Crippen LogP contribution in [0.5, 0.6) is 0 Å². The zero-order valence-corrected chi connectivity index (χ0v) is 26.4. The molecule has 2 amide bonds. The van der Waals surface area contributed by atoms with E-state index in [1.54, 1.807) is 4.90 Å². The van der Waals surface area contributed by atoms with E-state index in [9.17, 15) is 9.59 Å². The number of carbonyl (C=O) groups is 2. The van der Waals surface area contributed by atoms with Gasteiger partial charge in [0.25, 0.3) is 0 Å². The molecule has 5 heterocycles. The number of aromatic amines is 2. The summed E-state index contributed by atoms with van der Waals surface area (Å²) >= 11 is 0. The van der Waals surface area contributed by atoms with Gasteiger partial charge in [-0.25, -0.2) is 14.8 Å². The number of benzene rings is 2. The van der Waals surface area contributed by atoms with E-state index in [1.165, 1.54) is 0 Å². The van der Waals surface area contributed by atoms with Crippen molar-refractivity contribution in [3.8, 4) is 33.6 Å². The minimum absolute atomic E-state index is 0.0557. The number of nitrogens with one attached hydrogen (secondary N) is 2. The van der Waals surface area contributed by atoms with Gasteiger partial charge in [0.05, 0.1) is 35.9 Å². The Morgan fingerprint density at radius 2 is 1.33 bits per heavy atom. The molecule has 45 heavy (non-hydrogen) atoms. The predicted molar refractivity (Wildman–Crippen MR) is 173 cm³/mol. The van der Waals surface area contributed by atoms with Crippen molar-refractivity contribution < 1.29 is 14.3 Å². The van der Waals surface area contributed by atoms with Crippen LogP contribution in [0.15, 0.2) is 60.9 Å². The highest BCUT2D eigenvalue weighted by atomic mass is 16.6. The van der Waals surface area contributed by atoms with Crippen LogP contribution >= 0.6 is 0 Å². The number of likely N-dealkylation sites (tertiary alicyclic amines) is 1. The molecule has 0 radical (unpaired) electrons. The van der Waals surface area contributed by atoms with Crippen LogP contribution in [-0.4, -0.2) is 59.9 Å². The van der Waals surface area contributed by atoms with Crippen LogP contribution < -0.4 is 0 Å². The maximum Gasteiger partial charge on any atom is 0.410 e. The molecule has 3 fully saturated rings. The Kier molecular flexibility index (Phi) is 7.71. The second-order valence-corrected chi connectivity index (χ2v) is 13.6. The molecule has 9 nitrogen and oxygen atoms in total. The van der Waals surface area contributed by atoms with E-state index in [4.69, 9.17) is 9.72 Å². The second kappa shape index (κ2) is 11.8. The summed E-state index contributed by atoms with van der Waals surface area (Å²) in [6.07, 6.45) is 11.2. The molecule has 2 aromatic carbocycles. The lowest BCUT2D eigenvalue weighted by Crippen LogP contribution is -2.36. The van der Waals surface area contributed by atoms with E-state index in [2.05, 4.69) is 68.4 Å². The number of ether oxygens (including phenoxy) is 1. The normalized spacial score (nSPS) is 22.0. The Labute approximate surface area is 264 Å². The minimum Gasteiger partial charge on any atom is -0.444 e. The molecule has 0 bridgehead atoms. The highest BCUT2D eigenvalue weighted by Gasteiger charge is 2.40. The molecule has 3 atom stereocenters. The largest absolute Gasteiger partial charge is 0.444 e. The molecule has 3 aliphatic rings. The molecule has 2 aromatic heterocycles. The third kappa shape index (κ3) is 6.00. The summed E-state index contributed by atoms with van der Waals surface area (Å²) < 4.78 is 5.63. The first-order valence-corrected chi connectivity index (χ1v) is 16.4. The van der Waals surface area contributed by atoms with Crippen molar-refractivity contribution in [2.45, 2.75) is 95.9 Å². The van der Waals surface area contributed by atoms with Crippen molar-refractivity contribution in [1.82, 2.24) is 29.7 Å². The van der Waals surface area contributed by atoms with E-state index in [1.807, 2.05) is 33.2 Å². The standard InChI is InChI=1S/C36H42N6O3/c1-36(2,3)45-35(44)41-20-6-8-30(41)33-37-21-28(39-33)25-14-10-23(11-15-25)24-12-16-26(17-13-24)29-22-38-34(40-29)31-19-18-27-7-4-5-9-32(43)42(27)31/h10-17,21-22,27,30-31H,4-9,18-20H2,1-3H3,(H,37,39)(H,38,40)/t27?,30-,31-/m0/s1. The first kappa shape index (κ1) is 29.3. The monoisotopic (exact) mass is 606 g/mol. The zero-order chi connectivity index (χ0) is 31.1. The summed E-state index contributed by atoms with van der Waals surface area (Å²) in [5, 5.41) is 0. The Balaban J connectivity index is 1.02.